The van der Waals surface area contributed by atoms with Gasteiger partial charge in [0.2, 0.25) is 0 Å². The molecule has 0 saturated carbocycles. The van der Waals surface area contributed by atoms with Crippen LogP contribution in [0.25, 0.3) is 22.4 Å². The van der Waals surface area contributed by atoms with Crippen molar-refractivity contribution in [3.63, 3.8) is 0 Å². The van der Waals surface area contributed by atoms with Crippen LogP contribution >= 0.6 is 0 Å². The van der Waals surface area contributed by atoms with E-state index < -0.39 is 0 Å². The number of hydrogen-bond donors (Lipinski definition) is 0. The molecule has 196 valence electrons. The topological polar surface area (TPSA) is 12.9 Å². The quantitative estimate of drug-likeness (QED) is 0.358. The van der Waals surface area contributed by atoms with Gasteiger partial charge < -0.3 is 0 Å². The summed E-state index contributed by atoms with van der Waals surface area (Å²) in [5, 5.41) is 0. The van der Waals surface area contributed by atoms with Crippen LogP contribution in [-0.4, -0.2) is 4.98 Å². The smallest absolute Gasteiger partial charge is 0.0708 e. The monoisotopic (exact) mass is 485 g/mol. The third kappa shape index (κ3) is 4.79. The molecule has 0 spiro atoms. The minimum atomic E-state index is 0.0909. The van der Waals surface area contributed by atoms with Crippen LogP contribution in [0.4, 0.5) is 0 Å². The Morgan fingerprint density at radius 3 is 1.78 bits per heavy atom. The molecule has 3 aromatic rings. The first-order chi connectivity index (χ1) is 16.9. The molecule has 36 heavy (non-hydrogen) atoms. The highest BCUT2D eigenvalue weighted by Gasteiger charge is 2.57. The Morgan fingerprint density at radius 1 is 0.750 bits per heavy atom. The van der Waals surface area contributed by atoms with Gasteiger partial charge in [-0.1, -0.05) is 119 Å². The molecule has 0 amide bonds. The van der Waals surface area contributed by atoms with Crippen molar-refractivity contribution in [3.8, 4) is 22.4 Å². The van der Waals surface area contributed by atoms with Crippen molar-refractivity contribution in [1.29, 1.82) is 0 Å². The van der Waals surface area contributed by atoms with Gasteiger partial charge >= 0.3 is 0 Å². The van der Waals surface area contributed by atoms with Gasteiger partial charge in [0.25, 0.3) is 0 Å². The van der Waals surface area contributed by atoms with Crippen molar-refractivity contribution in [2.24, 2.45) is 5.41 Å². The molecule has 4 rings (SSSR count). The maximum Gasteiger partial charge on any atom is 0.0708 e. The van der Waals surface area contributed by atoms with E-state index in [2.05, 4.69) is 117 Å². The van der Waals surface area contributed by atoms with Gasteiger partial charge in [-0.15, -0.1) is 0 Å². The Kier molecular flexibility index (Phi) is 9.38. The molecule has 0 bridgehead atoms. The van der Waals surface area contributed by atoms with Crippen molar-refractivity contribution in [3.05, 3.63) is 77.0 Å². The summed E-state index contributed by atoms with van der Waals surface area (Å²) in [6.45, 7) is 29.4. The number of hydrogen-bond acceptors (Lipinski definition) is 1. The second-order valence-electron chi connectivity index (χ2n) is 11.4. The van der Waals surface area contributed by atoms with Crippen molar-refractivity contribution < 1.29 is 0 Å². The summed E-state index contributed by atoms with van der Waals surface area (Å²) in [4.78, 5) is 5.01. The molecule has 1 unspecified atom stereocenters. The third-order valence-electron chi connectivity index (χ3n) is 9.28. The van der Waals surface area contributed by atoms with Gasteiger partial charge in [0.15, 0.2) is 0 Å². The van der Waals surface area contributed by atoms with Gasteiger partial charge in [-0.05, 0) is 75.5 Å². The summed E-state index contributed by atoms with van der Waals surface area (Å²) in [7, 11) is 0. The standard InChI is InChI=1S/C31H39N.2C2H6/c1-10-20(2)23-17-26-27(30(6,7)31(8,9)29(26,4)5)18-24(23)28-16-21(3)25(19-32-28)22-14-12-11-13-15-22;2*1-2/h11-20H,10H2,1-9H3;2*1-2H3. The number of pyridine rings is 1. The van der Waals surface area contributed by atoms with Crippen LogP contribution in [0.15, 0.2) is 54.7 Å². The summed E-state index contributed by atoms with van der Waals surface area (Å²) in [5.74, 6) is 0.494. The van der Waals surface area contributed by atoms with Gasteiger partial charge in [0, 0.05) is 17.3 Å². The number of nitrogens with zero attached hydrogens (tertiary/aromatic N) is 1. The van der Waals surface area contributed by atoms with E-state index in [4.69, 9.17) is 4.98 Å². The van der Waals surface area contributed by atoms with Crippen LogP contribution < -0.4 is 0 Å². The summed E-state index contributed by atoms with van der Waals surface area (Å²) in [6.07, 6.45) is 3.19. The molecule has 0 radical (unpaired) electrons. The lowest BCUT2D eigenvalue weighted by Crippen LogP contribution is -2.42. The molecule has 1 aromatic heterocycles. The third-order valence-corrected chi connectivity index (χ3v) is 9.28. The lowest BCUT2D eigenvalue weighted by Gasteiger charge is -2.44. The van der Waals surface area contributed by atoms with Crippen molar-refractivity contribution in [2.45, 2.75) is 113 Å². The van der Waals surface area contributed by atoms with Gasteiger partial charge in [0.1, 0.15) is 0 Å². The minimum absolute atomic E-state index is 0.0909. The van der Waals surface area contributed by atoms with E-state index in [0.717, 1.165) is 12.1 Å². The highest BCUT2D eigenvalue weighted by molar-refractivity contribution is 5.74. The van der Waals surface area contributed by atoms with Crippen molar-refractivity contribution in [1.82, 2.24) is 4.98 Å². The number of aryl methyl sites for hydroxylation is 1. The molecule has 1 aliphatic carbocycles. The normalized spacial score (nSPS) is 17.1. The molecule has 0 saturated heterocycles. The second kappa shape index (κ2) is 11.3. The zero-order valence-corrected chi connectivity index (χ0v) is 25.4. The molecule has 1 nitrogen and oxygen atoms in total. The van der Waals surface area contributed by atoms with E-state index in [1.54, 1.807) is 0 Å². The summed E-state index contributed by atoms with van der Waals surface area (Å²) in [6, 6.07) is 17.9. The van der Waals surface area contributed by atoms with Crippen LogP contribution in [0.3, 0.4) is 0 Å². The van der Waals surface area contributed by atoms with E-state index in [0.29, 0.717) is 5.92 Å². The Balaban J connectivity index is 0.00000109. The Bertz CT molecular complexity index is 1150. The molecule has 1 aliphatic rings. The molecule has 1 heterocycles. The predicted molar refractivity (Wildman–Crippen MR) is 161 cm³/mol. The Morgan fingerprint density at radius 2 is 1.28 bits per heavy atom. The summed E-state index contributed by atoms with van der Waals surface area (Å²) < 4.78 is 0. The molecule has 1 atom stereocenters. The minimum Gasteiger partial charge on any atom is -0.256 e. The average molecular weight is 486 g/mol. The van der Waals surface area contributed by atoms with Gasteiger partial charge in [0.05, 0.1) is 5.69 Å². The second-order valence-corrected chi connectivity index (χ2v) is 11.4. The first-order valence-corrected chi connectivity index (χ1v) is 14.1. The van der Waals surface area contributed by atoms with E-state index in [-0.39, 0.29) is 16.2 Å². The molecular formula is C35H51N. The summed E-state index contributed by atoms with van der Waals surface area (Å²) in [5.41, 5.74) is 10.9. The molecule has 0 N–H and O–H groups in total. The van der Waals surface area contributed by atoms with Crippen molar-refractivity contribution in [2.75, 3.05) is 0 Å². The zero-order valence-electron chi connectivity index (χ0n) is 25.4. The average Bonchev–Trinajstić information content (AvgIpc) is 2.99. The van der Waals surface area contributed by atoms with Crippen LogP contribution in [0, 0.1) is 12.3 Å². The fourth-order valence-electron chi connectivity index (χ4n) is 5.58. The molecule has 2 aromatic carbocycles. The number of benzene rings is 2. The van der Waals surface area contributed by atoms with Gasteiger partial charge in [-0.3, -0.25) is 4.98 Å². The Labute approximate surface area is 222 Å². The number of rotatable bonds is 4. The van der Waals surface area contributed by atoms with Gasteiger partial charge in [-0.2, -0.15) is 0 Å². The molecular weight excluding hydrogens is 434 g/mol. The summed E-state index contributed by atoms with van der Waals surface area (Å²) >= 11 is 0. The lowest BCUT2D eigenvalue weighted by molar-refractivity contribution is 0.125. The maximum atomic E-state index is 5.01. The molecule has 1 heteroatoms. The first kappa shape index (κ1) is 29.8. The van der Waals surface area contributed by atoms with E-state index >= 15 is 0 Å². The number of fused-ring (bicyclic) bond motifs is 1. The molecule has 0 fully saturated rings. The van der Waals surface area contributed by atoms with Crippen LogP contribution in [-0.2, 0) is 10.8 Å². The van der Waals surface area contributed by atoms with Crippen LogP contribution in [0.1, 0.15) is 118 Å². The van der Waals surface area contributed by atoms with Gasteiger partial charge in [-0.25, -0.2) is 0 Å². The van der Waals surface area contributed by atoms with Crippen molar-refractivity contribution >= 4 is 0 Å². The maximum absolute atomic E-state index is 5.01. The predicted octanol–water partition coefficient (Wildman–Crippen LogP) is 10.9. The number of aromatic nitrogens is 1. The van der Waals surface area contributed by atoms with E-state index in [9.17, 15) is 0 Å². The van der Waals surface area contributed by atoms with Crippen LogP contribution in [0.2, 0.25) is 0 Å². The fraction of sp³-hybridized carbons (Fsp3) is 0.514. The zero-order chi connectivity index (χ0) is 27.5. The molecule has 0 aliphatic heterocycles. The van der Waals surface area contributed by atoms with Crippen LogP contribution in [0.5, 0.6) is 0 Å². The van der Waals surface area contributed by atoms with E-state index in [1.807, 2.05) is 27.7 Å². The lowest BCUT2D eigenvalue weighted by atomic mass is 9.59. The largest absolute Gasteiger partial charge is 0.256 e. The highest BCUT2D eigenvalue weighted by Crippen LogP contribution is 2.62. The fourth-order valence-corrected chi connectivity index (χ4v) is 5.58. The van der Waals surface area contributed by atoms with E-state index in [1.165, 1.54) is 38.9 Å². The highest BCUT2D eigenvalue weighted by atomic mass is 14.7. The SMILES string of the molecule is CC.CC.CCC(C)c1cc2c(cc1-c1cc(C)c(-c3ccccc3)cn1)C(C)(C)C(C)(C)C2(C)C. The first-order valence-electron chi connectivity index (χ1n) is 14.1. The Hall–Kier alpha value is -2.41.